The number of thioether (sulfide) groups is 1. The zero-order valence-electron chi connectivity index (χ0n) is 14.3. The van der Waals surface area contributed by atoms with Gasteiger partial charge in [-0.15, -0.1) is 11.8 Å². The molecule has 2 aromatic carbocycles. The van der Waals surface area contributed by atoms with E-state index >= 15 is 0 Å². The van der Waals surface area contributed by atoms with E-state index in [2.05, 4.69) is 58.0 Å². The van der Waals surface area contributed by atoms with E-state index in [1.165, 1.54) is 21.6 Å². The van der Waals surface area contributed by atoms with Crippen LogP contribution < -0.4 is 4.74 Å². The minimum absolute atomic E-state index is 0.340. The van der Waals surface area contributed by atoms with Crippen molar-refractivity contribution in [3.63, 3.8) is 0 Å². The van der Waals surface area contributed by atoms with Crippen LogP contribution in [-0.4, -0.2) is 12.9 Å². The zero-order chi connectivity index (χ0) is 16.2. The van der Waals surface area contributed by atoms with Crippen LogP contribution in [0.1, 0.15) is 37.5 Å². The lowest BCUT2D eigenvalue weighted by Crippen LogP contribution is -2.08. The summed E-state index contributed by atoms with van der Waals surface area (Å²) in [5, 5.41) is 0. The molecule has 0 bridgehead atoms. The molecule has 2 heteroatoms. The maximum Gasteiger partial charge on any atom is 0.118 e. The van der Waals surface area contributed by atoms with E-state index in [1.54, 1.807) is 7.11 Å². The average Bonchev–Trinajstić information content (AvgIpc) is 2.46. The molecule has 0 radical (unpaired) electrons. The molecule has 0 aliphatic carbocycles. The Morgan fingerprint density at radius 3 is 2.27 bits per heavy atom. The van der Waals surface area contributed by atoms with Gasteiger partial charge in [0.1, 0.15) is 5.75 Å². The Balaban J connectivity index is 2.18. The summed E-state index contributed by atoms with van der Waals surface area (Å²) in [5.74, 6) is 2.04. The van der Waals surface area contributed by atoms with Gasteiger partial charge < -0.3 is 4.74 Å². The minimum atomic E-state index is 0.340. The number of methoxy groups -OCH3 is 1. The number of benzene rings is 2. The normalized spacial score (nSPS) is 11.5. The molecule has 0 aliphatic rings. The number of aryl methyl sites for hydroxylation is 1. The molecule has 0 N–H and O–H groups in total. The summed E-state index contributed by atoms with van der Waals surface area (Å²) in [6.07, 6.45) is 0.970. The Bertz CT molecular complexity index is 609. The van der Waals surface area contributed by atoms with Crippen LogP contribution in [0.25, 0.3) is 0 Å². The molecule has 0 atom stereocenters. The lowest BCUT2D eigenvalue weighted by Gasteiger charge is -2.19. The number of ether oxygens (including phenoxy) is 1. The summed E-state index contributed by atoms with van der Waals surface area (Å²) in [6.45, 7) is 9.03. The summed E-state index contributed by atoms with van der Waals surface area (Å²) < 4.78 is 5.23. The quantitative estimate of drug-likeness (QED) is 0.651. The fourth-order valence-electron chi connectivity index (χ4n) is 2.24. The predicted octanol–water partition coefficient (Wildman–Crippen LogP) is 5.73. The first-order valence-corrected chi connectivity index (χ1v) is 8.71. The molecule has 0 heterocycles. The van der Waals surface area contributed by atoms with Crippen molar-refractivity contribution in [2.45, 2.75) is 39.0 Å². The van der Waals surface area contributed by atoms with Gasteiger partial charge in [-0.3, -0.25) is 0 Å². The summed E-state index contributed by atoms with van der Waals surface area (Å²) in [5.41, 5.74) is 4.40. The summed E-state index contributed by atoms with van der Waals surface area (Å²) in [6, 6.07) is 15.2. The largest absolute Gasteiger partial charge is 0.497 e. The molecule has 0 aliphatic heterocycles. The number of hydrogen-bond donors (Lipinski definition) is 0. The fourth-order valence-corrected chi connectivity index (χ4v) is 3.31. The van der Waals surface area contributed by atoms with Gasteiger partial charge in [0.05, 0.1) is 7.11 Å². The van der Waals surface area contributed by atoms with E-state index in [9.17, 15) is 0 Å². The second kappa shape index (κ2) is 7.23. The van der Waals surface area contributed by atoms with Gasteiger partial charge in [0.25, 0.3) is 0 Å². The van der Waals surface area contributed by atoms with E-state index in [4.69, 9.17) is 4.74 Å². The third kappa shape index (κ3) is 5.10. The summed E-state index contributed by atoms with van der Waals surface area (Å²) in [7, 11) is 1.71. The van der Waals surface area contributed by atoms with E-state index < -0.39 is 0 Å². The van der Waals surface area contributed by atoms with Crippen LogP contribution in [0.2, 0.25) is 0 Å². The minimum Gasteiger partial charge on any atom is -0.497 e. The molecular formula is C20H26OS. The van der Waals surface area contributed by atoms with Crippen LogP contribution in [0, 0.1) is 12.3 Å². The van der Waals surface area contributed by atoms with Crippen LogP contribution >= 0.6 is 11.8 Å². The first-order valence-electron chi connectivity index (χ1n) is 7.73. The van der Waals surface area contributed by atoms with Gasteiger partial charge in [-0.2, -0.15) is 0 Å². The lowest BCUT2D eigenvalue weighted by molar-refractivity contribution is 0.414. The highest BCUT2D eigenvalue weighted by atomic mass is 32.2. The molecule has 0 saturated heterocycles. The first kappa shape index (κ1) is 17.0. The van der Waals surface area contributed by atoms with Crippen molar-refractivity contribution in [1.82, 2.24) is 0 Å². The van der Waals surface area contributed by atoms with Crippen LogP contribution in [0.4, 0.5) is 0 Å². The molecule has 0 saturated carbocycles. The predicted molar refractivity (Wildman–Crippen MR) is 97.2 cm³/mol. The topological polar surface area (TPSA) is 9.23 Å². The molecule has 118 valence electrons. The van der Waals surface area contributed by atoms with Crippen molar-refractivity contribution in [3.05, 3.63) is 59.2 Å². The maximum absolute atomic E-state index is 5.23. The Hall–Kier alpha value is -1.41. The van der Waals surface area contributed by atoms with Crippen molar-refractivity contribution < 1.29 is 4.74 Å². The third-order valence-electron chi connectivity index (χ3n) is 3.43. The maximum atomic E-state index is 5.23. The van der Waals surface area contributed by atoms with Gasteiger partial charge in [0.2, 0.25) is 0 Å². The van der Waals surface area contributed by atoms with Crippen molar-refractivity contribution in [2.75, 3.05) is 12.9 Å². The second-order valence-electron chi connectivity index (χ2n) is 6.99. The monoisotopic (exact) mass is 314 g/mol. The highest BCUT2D eigenvalue weighted by molar-refractivity contribution is 7.99. The van der Waals surface area contributed by atoms with E-state index in [-0.39, 0.29) is 0 Å². The summed E-state index contributed by atoms with van der Waals surface area (Å²) in [4.78, 5) is 1.40. The molecule has 0 aromatic heterocycles. The highest BCUT2D eigenvalue weighted by Gasteiger charge is 2.13. The van der Waals surface area contributed by atoms with Crippen molar-refractivity contribution in [3.8, 4) is 5.75 Å². The standard InChI is InChI=1S/C20H26OS/c1-15-6-11-19(22-14-20(2,3)4)17(12-15)13-16-7-9-18(21-5)10-8-16/h6-12H,13-14H2,1-5H3. The Labute approximate surface area is 139 Å². The van der Waals surface area contributed by atoms with Crippen LogP contribution in [-0.2, 0) is 6.42 Å². The lowest BCUT2D eigenvalue weighted by atomic mass is 10.0. The average molecular weight is 314 g/mol. The van der Waals surface area contributed by atoms with Gasteiger partial charge in [0.15, 0.2) is 0 Å². The zero-order valence-corrected chi connectivity index (χ0v) is 15.1. The van der Waals surface area contributed by atoms with Crippen LogP contribution in [0.3, 0.4) is 0 Å². The first-order chi connectivity index (χ1) is 10.4. The van der Waals surface area contributed by atoms with Crippen molar-refractivity contribution in [1.29, 1.82) is 0 Å². The third-order valence-corrected chi connectivity index (χ3v) is 5.15. The van der Waals surface area contributed by atoms with Gasteiger partial charge in [-0.1, -0.05) is 50.6 Å². The smallest absolute Gasteiger partial charge is 0.118 e. The van der Waals surface area contributed by atoms with Crippen molar-refractivity contribution in [2.24, 2.45) is 5.41 Å². The molecule has 2 aromatic rings. The number of hydrogen-bond acceptors (Lipinski definition) is 2. The molecule has 0 fully saturated rings. The number of rotatable bonds is 5. The Kier molecular flexibility index (Phi) is 5.57. The van der Waals surface area contributed by atoms with Crippen LogP contribution in [0.15, 0.2) is 47.4 Å². The van der Waals surface area contributed by atoms with Gasteiger partial charge in [0, 0.05) is 10.6 Å². The molecular weight excluding hydrogens is 288 g/mol. The van der Waals surface area contributed by atoms with Crippen LogP contribution in [0.5, 0.6) is 5.75 Å². The molecule has 1 nitrogen and oxygen atoms in total. The van der Waals surface area contributed by atoms with E-state index in [0.717, 1.165) is 17.9 Å². The molecule has 0 unspecified atom stereocenters. The Morgan fingerprint density at radius 1 is 1.00 bits per heavy atom. The van der Waals surface area contributed by atoms with E-state index in [0.29, 0.717) is 5.41 Å². The van der Waals surface area contributed by atoms with Gasteiger partial charge in [-0.05, 0) is 48.1 Å². The molecule has 0 spiro atoms. The fraction of sp³-hybridized carbons (Fsp3) is 0.400. The van der Waals surface area contributed by atoms with Gasteiger partial charge >= 0.3 is 0 Å². The SMILES string of the molecule is COc1ccc(Cc2cc(C)ccc2SCC(C)(C)C)cc1. The Morgan fingerprint density at radius 2 is 1.68 bits per heavy atom. The second-order valence-corrected chi connectivity index (χ2v) is 8.00. The van der Waals surface area contributed by atoms with E-state index in [1.807, 2.05) is 23.9 Å². The van der Waals surface area contributed by atoms with Gasteiger partial charge in [-0.25, -0.2) is 0 Å². The highest BCUT2D eigenvalue weighted by Crippen LogP contribution is 2.31. The molecule has 2 rings (SSSR count). The molecule has 22 heavy (non-hydrogen) atoms. The molecule has 0 amide bonds. The van der Waals surface area contributed by atoms with Crippen molar-refractivity contribution >= 4 is 11.8 Å². The summed E-state index contributed by atoms with van der Waals surface area (Å²) >= 11 is 1.96.